The van der Waals surface area contributed by atoms with E-state index in [2.05, 4.69) is 15.9 Å². The molecule has 0 unspecified atom stereocenters. The molecule has 1 aromatic rings. The highest BCUT2D eigenvalue weighted by Gasteiger charge is 2.44. The number of ether oxygens (including phenoxy) is 1. The second-order valence-corrected chi connectivity index (χ2v) is 7.15. The van der Waals surface area contributed by atoms with Crippen molar-refractivity contribution in [1.82, 2.24) is 4.90 Å². The maximum atomic E-state index is 12.8. The molecule has 3 atom stereocenters. The quantitative estimate of drug-likeness (QED) is 0.781. The first-order chi connectivity index (χ1) is 11.5. The molecule has 0 aliphatic carbocycles. The number of aliphatic hydroxyl groups is 1. The summed E-state index contributed by atoms with van der Waals surface area (Å²) in [7, 11) is 1.60. The summed E-state index contributed by atoms with van der Waals surface area (Å²) in [6, 6.07) is 7.23. The molecule has 0 radical (unpaired) electrons. The van der Waals surface area contributed by atoms with Crippen molar-refractivity contribution in [2.24, 2.45) is 5.92 Å². The van der Waals surface area contributed by atoms with Crippen molar-refractivity contribution in [2.75, 3.05) is 31.7 Å². The van der Waals surface area contributed by atoms with Crippen LogP contribution < -0.4 is 4.90 Å². The van der Waals surface area contributed by atoms with Crippen molar-refractivity contribution in [2.45, 2.75) is 25.0 Å². The van der Waals surface area contributed by atoms with Crippen molar-refractivity contribution in [3.63, 3.8) is 0 Å². The van der Waals surface area contributed by atoms with Crippen molar-refractivity contribution < 1.29 is 19.4 Å². The van der Waals surface area contributed by atoms with Crippen LogP contribution in [0.4, 0.5) is 5.69 Å². The molecule has 2 aliphatic rings. The molecular formula is C17H21BrN2O4. The SMILES string of the molecule is CO[C@@H]1C[C@@H](CO)N(C(=O)[C@H]2CCN(c3cccc(Br)c3)C2=O)C1. The van der Waals surface area contributed by atoms with Gasteiger partial charge in [-0.1, -0.05) is 22.0 Å². The molecular weight excluding hydrogens is 376 g/mol. The van der Waals surface area contributed by atoms with Gasteiger partial charge in [0.15, 0.2) is 0 Å². The fraction of sp³-hybridized carbons (Fsp3) is 0.529. The van der Waals surface area contributed by atoms with Gasteiger partial charge in [-0.25, -0.2) is 0 Å². The van der Waals surface area contributed by atoms with Crippen LogP contribution in [0.3, 0.4) is 0 Å². The molecule has 0 aromatic heterocycles. The zero-order valence-electron chi connectivity index (χ0n) is 13.5. The first kappa shape index (κ1) is 17.4. The monoisotopic (exact) mass is 396 g/mol. The van der Waals surface area contributed by atoms with Crippen LogP contribution in [0, 0.1) is 5.92 Å². The molecule has 6 nitrogen and oxygen atoms in total. The maximum absolute atomic E-state index is 12.8. The minimum Gasteiger partial charge on any atom is -0.394 e. The van der Waals surface area contributed by atoms with Gasteiger partial charge in [0.05, 0.1) is 18.8 Å². The molecule has 2 fully saturated rings. The van der Waals surface area contributed by atoms with Gasteiger partial charge in [-0.2, -0.15) is 0 Å². The Morgan fingerprint density at radius 1 is 1.46 bits per heavy atom. The highest BCUT2D eigenvalue weighted by atomic mass is 79.9. The number of anilines is 1. The normalized spacial score (nSPS) is 27.1. The van der Waals surface area contributed by atoms with Gasteiger partial charge in [-0.05, 0) is 31.0 Å². The van der Waals surface area contributed by atoms with Gasteiger partial charge in [0.25, 0.3) is 0 Å². The van der Waals surface area contributed by atoms with Crippen LogP contribution >= 0.6 is 15.9 Å². The number of amides is 2. The third-order valence-electron chi connectivity index (χ3n) is 4.83. The molecule has 2 heterocycles. The van der Waals surface area contributed by atoms with Gasteiger partial charge in [-0.15, -0.1) is 0 Å². The summed E-state index contributed by atoms with van der Waals surface area (Å²) in [5, 5.41) is 9.52. The molecule has 2 amide bonds. The van der Waals surface area contributed by atoms with Gasteiger partial charge in [0, 0.05) is 30.4 Å². The summed E-state index contributed by atoms with van der Waals surface area (Å²) in [6.07, 6.45) is 1.02. The topological polar surface area (TPSA) is 70.1 Å². The number of carbonyl (C=O) groups is 2. The zero-order valence-corrected chi connectivity index (χ0v) is 15.1. The van der Waals surface area contributed by atoms with E-state index in [0.717, 1.165) is 10.2 Å². The lowest BCUT2D eigenvalue weighted by molar-refractivity contribution is -0.141. The van der Waals surface area contributed by atoms with Crippen molar-refractivity contribution in [3.05, 3.63) is 28.7 Å². The van der Waals surface area contributed by atoms with Crippen LogP contribution in [-0.4, -0.2) is 60.8 Å². The average Bonchev–Trinajstić information content (AvgIpc) is 3.17. The van der Waals surface area contributed by atoms with E-state index in [1.807, 2.05) is 24.3 Å². The standard InChI is InChI=1S/C17H21BrN2O4/c1-24-14-8-13(10-21)20(9-14)17(23)15-5-6-19(16(15)22)12-4-2-3-11(18)7-12/h2-4,7,13-15,21H,5-6,8-10H2,1H3/t13-,14+,15-/m0/s1. The molecule has 2 aliphatic heterocycles. The Hall–Kier alpha value is -1.44. The fourth-order valence-electron chi connectivity index (χ4n) is 3.50. The van der Waals surface area contributed by atoms with Gasteiger partial charge in [0.1, 0.15) is 5.92 Å². The molecule has 0 bridgehead atoms. The molecule has 1 N–H and O–H groups in total. The minimum atomic E-state index is -0.673. The Morgan fingerprint density at radius 3 is 2.92 bits per heavy atom. The lowest BCUT2D eigenvalue weighted by Gasteiger charge is -2.25. The molecule has 0 spiro atoms. The Kier molecular flexibility index (Phi) is 5.22. The average molecular weight is 397 g/mol. The number of carbonyl (C=O) groups excluding carboxylic acids is 2. The molecule has 24 heavy (non-hydrogen) atoms. The summed E-state index contributed by atoms with van der Waals surface area (Å²) < 4.78 is 6.21. The molecule has 130 valence electrons. The smallest absolute Gasteiger partial charge is 0.239 e. The van der Waals surface area contributed by atoms with Crippen LogP contribution in [0.15, 0.2) is 28.7 Å². The minimum absolute atomic E-state index is 0.0798. The Bertz CT molecular complexity index is 639. The zero-order chi connectivity index (χ0) is 17.3. The Labute approximate surface area is 149 Å². The van der Waals surface area contributed by atoms with E-state index in [0.29, 0.717) is 25.9 Å². The van der Waals surface area contributed by atoms with Gasteiger partial charge in [0.2, 0.25) is 11.8 Å². The number of halogens is 1. The van der Waals surface area contributed by atoms with E-state index in [1.54, 1.807) is 16.9 Å². The molecule has 7 heteroatoms. The second-order valence-electron chi connectivity index (χ2n) is 6.23. The number of methoxy groups -OCH3 is 1. The highest BCUT2D eigenvalue weighted by molar-refractivity contribution is 9.10. The van der Waals surface area contributed by atoms with Crippen molar-refractivity contribution in [1.29, 1.82) is 0 Å². The largest absolute Gasteiger partial charge is 0.394 e. The van der Waals surface area contributed by atoms with E-state index in [1.165, 1.54) is 0 Å². The first-order valence-corrected chi connectivity index (χ1v) is 8.85. The summed E-state index contributed by atoms with van der Waals surface area (Å²) in [6.45, 7) is 0.847. The molecule has 2 saturated heterocycles. The fourth-order valence-corrected chi connectivity index (χ4v) is 3.88. The predicted molar refractivity (Wildman–Crippen MR) is 92.6 cm³/mol. The van der Waals surface area contributed by atoms with E-state index in [9.17, 15) is 14.7 Å². The highest BCUT2D eigenvalue weighted by Crippen LogP contribution is 2.30. The molecule has 0 saturated carbocycles. The third-order valence-corrected chi connectivity index (χ3v) is 5.32. The number of benzene rings is 1. The van der Waals surface area contributed by atoms with E-state index < -0.39 is 5.92 Å². The molecule has 3 rings (SSSR count). The number of nitrogens with zero attached hydrogens (tertiary/aromatic N) is 2. The predicted octanol–water partition coefficient (Wildman–Crippen LogP) is 1.41. The number of likely N-dealkylation sites (tertiary alicyclic amines) is 1. The maximum Gasteiger partial charge on any atom is 0.239 e. The van der Waals surface area contributed by atoms with Gasteiger partial charge in [-0.3, -0.25) is 9.59 Å². The Balaban J connectivity index is 1.74. The number of rotatable bonds is 4. The van der Waals surface area contributed by atoms with Crippen LogP contribution in [-0.2, 0) is 14.3 Å². The first-order valence-electron chi connectivity index (χ1n) is 8.06. The Morgan fingerprint density at radius 2 is 2.25 bits per heavy atom. The van der Waals surface area contributed by atoms with Crippen molar-refractivity contribution >= 4 is 33.4 Å². The third kappa shape index (κ3) is 3.20. The van der Waals surface area contributed by atoms with E-state index in [-0.39, 0.29) is 30.6 Å². The van der Waals surface area contributed by atoms with Crippen molar-refractivity contribution in [3.8, 4) is 0 Å². The lowest BCUT2D eigenvalue weighted by atomic mass is 10.1. The summed E-state index contributed by atoms with van der Waals surface area (Å²) in [5.74, 6) is -1.04. The number of aliphatic hydroxyl groups excluding tert-OH is 1. The molecule has 1 aromatic carbocycles. The summed E-state index contributed by atoms with van der Waals surface area (Å²) in [4.78, 5) is 28.8. The van der Waals surface area contributed by atoms with Crippen LogP contribution in [0.5, 0.6) is 0 Å². The second kappa shape index (κ2) is 7.21. The summed E-state index contributed by atoms with van der Waals surface area (Å²) in [5.41, 5.74) is 0.791. The van der Waals surface area contributed by atoms with E-state index >= 15 is 0 Å². The number of hydrogen-bond donors (Lipinski definition) is 1. The van der Waals surface area contributed by atoms with E-state index in [4.69, 9.17) is 4.74 Å². The van der Waals surface area contributed by atoms with Crippen LogP contribution in [0.1, 0.15) is 12.8 Å². The number of hydrogen-bond acceptors (Lipinski definition) is 4. The van der Waals surface area contributed by atoms with Gasteiger partial charge < -0.3 is 19.6 Å². The lowest BCUT2D eigenvalue weighted by Crippen LogP contribution is -2.44. The van der Waals surface area contributed by atoms with Gasteiger partial charge >= 0.3 is 0 Å². The summed E-state index contributed by atoms with van der Waals surface area (Å²) >= 11 is 3.40. The van der Waals surface area contributed by atoms with Crippen LogP contribution in [0.25, 0.3) is 0 Å². The van der Waals surface area contributed by atoms with Crippen LogP contribution in [0.2, 0.25) is 0 Å².